The number of hydrogen-bond acceptors (Lipinski definition) is 3. The number of hydrogen-bond donors (Lipinski definition) is 1. The Bertz CT molecular complexity index is 451. The highest BCUT2D eigenvalue weighted by molar-refractivity contribution is 7.09. The minimum absolute atomic E-state index is 0.0609. The Morgan fingerprint density at radius 2 is 2.00 bits per heavy atom. The van der Waals surface area contributed by atoms with Crippen molar-refractivity contribution in [3.63, 3.8) is 0 Å². The zero-order chi connectivity index (χ0) is 13.7. The first-order valence-corrected chi connectivity index (χ1v) is 8.12. The van der Waals surface area contributed by atoms with Crippen LogP contribution in [0.3, 0.4) is 0 Å². The van der Waals surface area contributed by atoms with Gasteiger partial charge in [0.15, 0.2) is 0 Å². The Kier molecular flexibility index (Phi) is 3.21. The van der Waals surface area contributed by atoms with E-state index in [0.717, 1.165) is 23.5 Å². The van der Waals surface area contributed by atoms with E-state index in [0.29, 0.717) is 31.3 Å². The smallest absolute Gasteiger partial charge is 0.120 e. The Hall–Kier alpha value is -0.480. The first-order chi connectivity index (χ1) is 8.84. The number of rotatable bonds is 2. The van der Waals surface area contributed by atoms with Crippen LogP contribution in [0.1, 0.15) is 57.2 Å². The summed E-state index contributed by atoms with van der Waals surface area (Å²) >= 11 is 1.62. The van der Waals surface area contributed by atoms with Crippen LogP contribution in [-0.4, -0.2) is 22.7 Å². The predicted molar refractivity (Wildman–Crippen MR) is 77.5 cm³/mol. The number of nitrogens with one attached hydrogen (secondary N) is 1. The molecule has 2 saturated heterocycles. The van der Waals surface area contributed by atoms with E-state index in [2.05, 4.69) is 36.5 Å². The third kappa shape index (κ3) is 2.84. The average Bonchev–Trinajstić information content (AvgIpc) is 2.84. The predicted octanol–water partition coefficient (Wildman–Crippen LogP) is 3.61. The first-order valence-electron chi connectivity index (χ1n) is 7.24. The van der Waals surface area contributed by atoms with Crippen LogP contribution in [0.2, 0.25) is 0 Å². The summed E-state index contributed by atoms with van der Waals surface area (Å²) in [5.41, 5.74) is 0.114. The van der Waals surface area contributed by atoms with Crippen molar-refractivity contribution in [1.82, 2.24) is 10.3 Å². The van der Waals surface area contributed by atoms with Crippen LogP contribution in [-0.2, 0) is 11.8 Å². The lowest BCUT2D eigenvalue weighted by molar-refractivity contribution is 0.0892. The van der Waals surface area contributed by atoms with Gasteiger partial charge in [0.2, 0.25) is 0 Å². The van der Waals surface area contributed by atoms with Crippen molar-refractivity contribution >= 4 is 11.3 Å². The van der Waals surface area contributed by atoms with Crippen molar-refractivity contribution in [2.24, 2.45) is 0 Å². The highest BCUT2D eigenvalue weighted by Crippen LogP contribution is 2.39. The molecule has 4 heteroatoms. The molecule has 1 N–H and O–H groups in total. The van der Waals surface area contributed by atoms with Gasteiger partial charge in [-0.05, 0) is 25.7 Å². The molecule has 0 radical (unpaired) electrons. The lowest BCUT2D eigenvalue weighted by atomic mass is 9.86. The van der Waals surface area contributed by atoms with E-state index in [1.807, 2.05) is 0 Å². The van der Waals surface area contributed by atoms with Gasteiger partial charge in [-0.25, -0.2) is 9.37 Å². The number of halogens is 1. The van der Waals surface area contributed by atoms with E-state index >= 15 is 4.39 Å². The molecule has 1 aromatic heterocycles. The van der Waals surface area contributed by atoms with Crippen LogP contribution >= 0.6 is 11.3 Å². The topological polar surface area (TPSA) is 24.9 Å². The molecule has 0 aromatic carbocycles. The quantitative estimate of drug-likeness (QED) is 0.896. The number of nitrogens with zero attached hydrogens (tertiary/aromatic N) is 1. The van der Waals surface area contributed by atoms with Crippen LogP contribution in [0.4, 0.5) is 4.39 Å². The molecule has 2 aliphatic rings. The van der Waals surface area contributed by atoms with Gasteiger partial charge in [0.1, 0.15) is 5.67 Å². The van der Waals surface area contributed by atoms with Gasteiger partial charge < -0.3 is 5.32 Å². The standard InChI is InChI=1S/C15H23FN2S/c1-14(2,3)12-9-19-13(18-12)8-15(16)6-10-4-5-11(7-15)17-10/h9-11,17H,4-8H2,1-3H3. The molecular weight excluding hydrogens is 259 g/mol. The van der Waals surface area contributed by atoms with Crippen LogP contribution in [0.25, 0.3) is 0 Å². The van der Waals surface area contributed by atoms with Crippen molar-refractivity contribution < 1.29 is 4.39 Å². The molecule has 2 fully saturated rings. The van der Waals surface area contributed by atoms with E-state index in [1.54, 1.807) is 11.3 Å². The van der Waals surface area contributed by atoms with Gasteiger partial charge in [-0.3, -0.25) is 0 Å². The molecule has 2 nitrogen and oxygen atoms in total. The van der Waals surface area contributed by atoms with Crippen LogP contribution in [0.5, 0.6) is 0 Å². The van der Waals surface area contributed by atoms with Crippen LogP contribution in [0.15, 0.2) is 5.38 Å². The molecule has 2 unspecified atom stereocenters. The fraction of sp³-hybridized carbons (Fsp3) is 0.800. The maximum absolute atomic E-state index is 15.0. The molecule has 3 heterocycles. The summed E-state index contributed by atoms with van der Waals surface area (Å²) < 4.78 is 15.0. The van der Waals surface area contributed by atoms with Gasteiger partial charge in [-0.1, -0.05) is 20.8 Å². The Balaban J connectivity index is 1.72. The molecule has 106 valence electrons. The molecular formula is C15H23FN2S. The molecule has 2 aliphatic heterocycles. The van der Waals surface area contributed by atoms with Gasteiger partial charge in [-0.2, -0.15) is 0 Å². The summed E-state index contributed by atoms with van der Waals surface area (Å²) in [4.78, 5) is 4.65. The molecule has 1 aromatic rings. The maximum Gasteiger partial charge on any atom is 0.120 e. The lowest BCUT2D eigenvalue weighted by Crippen LogP contribution is -2.47. The Morgan fingerprint density at radius 3 is 2.53 bits per heavy atom. The van der Waals surface area contributed by atoms with Gasteiger partial charge in [0, 0.05) is 29.3 Å². The normalized spacial score (nSPS) is 34.7. The fourth-order valence-corrected chi connectivity index (χ4v) is 4.49. The van der Waals surface area contributed by atoms with Crippen LogP contribution in [0, 0.1) is 0 Å². The number of piperidine rings is 1. The monoisotopic (exact) mass is 282 g/mol. The SMILES string of the molecule is CC(C)(C)c1csc(CC2(F)CC3CCC(C2)N3)n1. The second-order valence-electron chi connectivity index (χ2n) is 7.25. The fourth-order valence-electron chi connectivity index (χ4n) is 3.34. The third-order valence-corrected chi connectivity index (χ3v) is 5.20. The zero-order valence-electron chi connectivity index (χ0n) is 12.0. The highest BCUT2D eigenvalue weighted by atomic mass is 32.1. The highest BCUT2D eigenvalue weighted by Gasteiger charge is 2.44. The number of thiazole rings is 1. The second kappa shape index (κ2) is 4.52. The van der Waals surface area contributed by atoms with Crippen molar-refractivity contribution in [3.8, 4) is 0 Å². The summed E-state index contributed by atoms with van der Waals surface area (Å²) in [5.74, 6) is 0. The summed E-state index contributed by atoms with van der Waals surface area (Å²) in [5, 5.41) is 6.56. The van der Waals surface area contributed by atoms with Crippen molar-refractivity contribution in [1.29, 1.82) is 0 Å². The largest absolute Gasteiger partial charge is 0.311 e. The molecule has 0 saturated carbocycles. The Labute approximate surface area is 118 Å². The molecule has 0 aliphatic carbocycles. The van der Waals surface area contributed by atoms with Crippen LogP contribution < -0.4 is 5.32 Å². The van der Waals surface area contributed by atoms with E-state index in [4.69, 9.17) is 0 Å². The third-order valence-electron chi connectivity index (χ3n) is 4.35. The van der Waals surface area contributed by atoms with E-state index in [1.165, 1.54) is 0 Å². The van der Waals surface area contributed by atoms with Crippen molar-refractivity contribution in [2.45, 2.75) is 76.0 Å². The zero-order valence-corrected chi connectivity index (χ0v) is 12.8. The maximum atomic E-state index is 15.0. The van der Waals surface area contributed by atoms with E-state index in [9.17, 15) is 0 Å². The van der Waals surface area contributed by atoms with Gasteiger partial charge in [0.05, 0.1) is 10.7 Å². The summed E-state index contributed by atoms with van der Waals surface area (Å²) in [6.07, 6.45) is 4.10. The lowest BCUT2D eigenvalue weighted by Gasteiger charge is -2.34. The van der Waals surface area contributed by atoms with Gasteiger partial charge in [-0.15, -0.1) is 11.3 Å². The molecule has 3 rings (SSSR count). The summed E-state index contributed by atoms with van der Waals surface area (Å²) in [7, 11) is 0. The first kappa shape index (κ1) is 13.5. The minimum atomic E-state index is -1.04. The van der Waals surface area contributed by atoms with E-state index in [-0.39, 0.29) is 5.41 Å². The molecule has 2 atom stereocenters. The number of fused-ring (bicyclic) bond motifs is 2. The van der Waals surface area contributed by atoms with Crippen molar-refractivity contribution in [3.05, 3.63) is 16.1 Å². The molecule has 0 spiro atoms. The minimum Gasteiger partial charge on any atom is -0.311 e. The van der Waals surface area contributed by atoms with E-state index < -0.39 is 5.67 Å². The summed E-state index contributed by atoms with van der Waals surface area (Å²) in [6.45, 7) is 6.46. The Morgan fingerprint density at radius 1 is 1.37 bits per heavy atom. The molecule has 2 bridgehead atoms. The second-order valence-corrected chi connectivity index (χ2v) is 8.19. The van der Waals surface area contributed by atoms with Crippen molar-refractivity contribution in [2.75, 3.05) is 0 Å². The van der Waals surface area contributed by atoms with Gasteiger partial charge >= 0.3 is 0 Å². The number of alkyl halides is 1. The average molecular weight is 282 g/mol. The molecule has 0 amide bonds. The van der Waals surface area contributed by atoms with Gasteiger partial charge in [0.25, 0.3) is 0 Å². The molecule has 19 heavy (non-hydrogen) atoms. The summed E-state index contributed by atoms with van der Waals surface area (Å²) in [6, 6.07) is 0.789. The number of aromatic nitrogens is 1.